The largest absolute Gasteiger partial charge is 0.433 e. The molecule has 2 aromatic heterocycles. The Balaban J connectivity index is -0.000000503. The highest BCUT2D eigenvalue weighted by molar-refractivity contribution is 7.17. The molecule has 0 saturated heterocycles. The number of aromatic nitrogens is 2. The Hall–Kier alpha value is -1.89. The maximum Gasteiger partial charge on any atom is 0.433 e. The Kier molecular flexibility index (Phi) is 22.8. The summed E-state index contributed by atoms with van der Waals surface area (Å²) >= 11 is 1.13. The molecule has 0 radical (unpaired) electrons. The van der Waals surface area contributed by atoms with E-state index in [9.17, 15) is 18.0 Å². The molecular formula is C25H43F3N2OS. The van der Waals surface area contributed by atoms with Crippen LogP contribution >= 0.6 is 11.3 Å². The van der Waals surface area contributed by atoms with Gasteiger partial charge in [0.05, 0.1) is 9.75 Å². The number of hydrogen-bond acceptors (Lipinski definition) is 3. The molecule has 32 heavy (non-hydrogen) atoms. The monoisotopic (exact) mass is 476 g/mol. The Morgan fingerprint density at radius 3 is 1.88 bits per heavy atom. The zero-order valence-electron chi connectivity index (χ0n) is 21.4. The van der Waals surface area contributed by atoms with Gasteiger partial charge in [-0.1, -0.05) is 79.7 Å². The number of Topliss-reactive ketones (excluding diaryl/α,β-unsaturated/α-hetero) is 1. The molecule has 2 aromatic rings. The number of alkyl halides is 3. The van der Waals surface area contributed by atoms with Crippen molar-refractivity contribution in [2.45, 2.75) is 93.7 Å². The third kappa shape index (κ3) is 15.0. The zero-order chi connectivity index (χ0) is 25.7. The van der Waals surface area contributed by atoms with Crippen LogP contribution in [0.5, 0.6) is 0 Å². The van der Waals surface area contributed by atoms with Crippen LogP contribution < -0.4 is 0 Å². The van der Waals surface area contributed by atoms with E-state index in [2.05, 4.69) is 25.5 Å². The number of halogens is 3. The van der Waals surface area contributed by atoms with E-state index in [1.54, 1.807) is 18.2 Å². The van der Waals surface area contributed by atoms with Crippen LogP contribution in [0, 0.1) is 0 Å². The summed E-state index contributed by atoms with van der Waals surface area (Å²) in [5, 5.41) is 3.82. The second kappa shape index (κ2) is 21.0. The van der Waals surface area contributed by atoms with Gasteiger partial charge in [-0.15, -0.1) is 17.9 Å². The number of aryl methyl sites for hydroxylation is 1. The lowest BCUT2D eigenvalue weighted by molar-refractivity contribution is -0.143. The molecule has 0 saturated carbocycles. The van der Waals surface area contributed by atoms with Crippen LogP contribution in [-0.2, 0) is 13.2 Å². The highest BCUT2D eigenvalue weighted by Gasteiger charge is 2.35. The molecule has 3 nitrogen and oxygen atoms in total. The van der Waals surface area contributed by atoms with Gasteiger partial charge >= 0.3 is 6.18 Å². The molecule has 0 bridgehead atoms. The number of allylic oxidation sites excluding steroid dienone is 1. The highest BCUT2D eigenvalue weighted by Crippen LogP contribution is 2.34. The Morgan fingerprint density at radius 1 is 1.09 bits per heavy atom. The maximum absolute atomic E-state index is 12.6. The van der Waals surface area contributed by atoms with Gasteiger partial charge < -0.3 is 0 Å². The summed E-state index contributed by atoms with van der Waals surface area (Å²) in [5.74, 6) is -0.113. The first-order chi connectivity index (χ1) is 15.1. The van der Waals surface area contributed by atoms with Gasteiger partial charge in [0.15, 0.2) is 5.78 Å². The number of unbranched alkanes of at least 4 members (excludes halogenated alkanes) is 4. The number of carbonyl (C=O) groups is 1. The average Bonchev–Trinajstić information content (AvgIpc) is 3.39. The van der Waals surface area contributed by atoms with Gasteiger partial charge in [-0.25, -0.2) is 0 Å². The first-order valence-corrected chi connectivity index (χ1v) is 12.2. The summed E-state index contributed by atoms with van der Waals surface area (Å²) in [7, 11) is 1.24. The van der Waals surface area contributed by atoms with Crippen molar-refractivity contribution in [3.05, 3.63) is 41.4 Å². The van der Waals surface area contributed by atoms with Crippen molar-refractivity contribution in [2.75, 3.05) is 0 Å². The van der Waals surface area contributed by atoms with Crippen molar-refractivity contribution in [3.8, 4) is 10.6 Å². The van der Waals surface area contributed by atoms with Gasteiger partial charge in [0.25, 0.3) is 0 Å². The quantitative estimate of drug-likeness (QED) is 0.236. The standard InChI is InChI=1S/C11H9F3N2OS.C7H16.C3H6.2C2H6/c1-6(17)8-3-4-9(18-8)7-5-10(11(12,13)14)16(2)15-7;1-3-5-7-6-4-2;1-3-2;2*1-2/h3-5H,1-2H3;3-7H2,1-2H3;3H,1H2,2H3;2*1-2H3. The van der Waals surface area contributed by atoms with E-state index in [0.717, 1.165) is 22.1 Å². The molecule has 7 heteroatoms. The molecule has 0 spiro atoms. The molecule has 0 atom stereocenters. The Bertz CT molecular complexity index is 715. The summed E-state index contributed by atoms with van der Waals surface area (Å²) in [5.41, 5.74) is -0.586. The lowest BCUT2D eigenvalue weighted by Crippen LogP contribution is -2.11. The van der Waals surface area contributed by atoms with Crippen molar-refractivity contribution >= 4 is 17.1 Å². The molecule has 0 N–H and O–H groups in total. The van der Waals surface area contributed by atoms with Gasteiger partial charge in [0.1, 0.15) is 11.4 Å². The van der Waals surface area contributed by atoms with Crippen molar-refractivity contribution in [2.24, 2.45) is 7.05 Å². The smallest absolute Gasteiger partial charge is 0.294 e. The fourth-order valence-corrected chi connectivity index (χ4v) is 3.05. The molecule has 186 valence electrons. The van der Waals surface area contributed by atoms with E-state index in [4.69, 9.17) is 0 Å². The maximum atomic E-state index is 12.6. The van der Waals surface area contributed by atoms with Crippen molar-refractivity contribution < 1.29 is 18.0 Å². The first-order valence-electron chi connectivity index (χ1n) is 11.4. The van der Waals surface area contributed by atoms with E-state index in [1.165, 1.54) is 46.1 Å². The Labute approximate surface area is 197 Å². The second-order valence-electron chi connectivity index (χ2n) is 6.23. The lowest BCUT2D eigenvalue weighted by atomic mass is 10.2. The van der Waals surface area contributed by atoms with E-state index in [0.29, 0.717) is 9.75 Å². The van der Waals surface area contributed by atoms with Crippen LogP contribution in [0.3, 0.4) is 0 Å². The molecule has 0 aliphatic heterocycles. The minimum absolute atomic E-state index is 0.113. The summed E-state index contributed by atoms with van der Waals surface area (Å²) in [6, 6.07) is 4.17. The van der Waals surface area contributed by atoms with Crippen LogP contribution in [0.15, 0.2) is 30.9 Å². The highest BCUT2D eigenvalue weighted by atomic mass is 32.1. The predicted octanol–water partition coefficient (Wildman–Crippen LogP) is 9.59. The fraction of sp³-hybridized carbons (Fsp3) is 0.600. The molecule has 0 aromatic carbocycles. The van der Waals surface area contributed by atoms with E-state index in [-0.39, 0.29) is 11.5 Å². The van der Waals surface area contributed by atoms with Crippen LogP contribution in [-0.4, -0.2) is 15.6 Å². The van der Waals surface area contributed by atoms with E-state index >= 15 is 0 Å². The molecular weight excluding hydrogens is 433 g/mol. The van der Waals surface area contributed by atoms with Gasteiger partial charge in [0.2, 0.25) is 0 Å². The molecule has 2 heterocycles. The number of carbonyl (C=O) groups excluding carboxylic acids is 1. The van der Waals surface area contributed by atoms with Gasteiger partial charge in [-0.2, -0.15) is 18.3 Å². The summed E-state index contributed by atoms with van der Waals surface area (Å²) in [6.45, 7) is 19.2. The number of rotatable bonds is 6. The predicted molar refractivity (Wildman–Crippen MR) is 135 cm³/mol. The van der Waals surface area contributed by atoms with E-state index in [1.807, 2.05) is 34.6 Å². The average molecular weight is 477 g/mol. The zero-order valence-corrected chi connectivity index (χ0v) is 22.2. The number of ketones is 1. The lowest BCUT2D eigenvalue weighted by Gasteiger charge is -2.04. The third-order valence-electron chi connectivity index (χ3n) is 3.58. The van der Waals surface area contributed by atoms with E-state index < -0.39 is 11.9 Å². The van der Waals surface area contributed by atoms with Gasteiger partial charge in [-0.05, 0) is 32.0 Å². The third-order valence-corrected chi connectivity index (χ3v) is 4.79. The van der Waals surface area contributed by atoms with Crippen molar-refractivity contribution in [1.29, 1.82) is 0 Å². The van der Waals surface area contributed by atoms with Crippen LogP contribution in [0.1, 0.15) is 103 Å². The molecule has 0 amide bonds. The topological polar surface area (TPSA) is 34.9 Å². The van der Waals surface area contributed by atoms with Crippen LogP contribution in [0.2, 0.25) is 0 Å². The van der Waals surface area contributed by atoms with Crippen molar-refractivity contribution in [3.63, 3.8) is 0 Å². The molecule has 0 unspecified atom stereocenters. The van der Waals surface area contributed by atoms with Crippen LogP contribution in [0.4, 0.5) is 13.2 Å². The second-order valence-corrected chi connectivity index (χ2v) is 7.31. The summed E-state index contributed by atoms with van der Waals surface area (Å²) in [6.07, 6.45) is 4.33. The number of nitrogens with zero attached hydrogens (tertiary/aromatic N) is 2. The molecule has 0 aliphatic carbocycles. The van der Waals surface area contributed by atoms with Crippen LogP contribution in [0.25, 0.3) is 10.6 Å². The summed E-state index contributed by atoms with van der Waals surface area (Å²) < 4.78 is 38.6. The minimum Gasteiger partial charge on any atom is -0.294 e. The van der Waals surface area contributed by atoms with Crippen molar-refractivity contribution in [1.82, 2.24) is 9.78 Å². The van der Waals surface area contributed by atoms with Gasteiger partial charge in [0, 0.05) is 7.05 Å². The molecule has 0 fully saturated rings. The number of thiophene rings is 1. The molecule has 0 aliphatic rings. The first kappa shape index (κ1) is 34.7. The normalized spacial score (nSPS) is 9.50. The number of hydrogen-bond donors (Lipinski definition) is 0. The summed E-state index contributed by atoms with van der Waals surface area (Å²) in [4.78, 5) is 12.2. The fourth-order valence-electron chi connectivity index (χ4n) is 2.19. The molecule has 2 rings (SSSR count). The SMILES string of the molecule is C=CC.CC.CC.CC(=O)c1ccc(-c2cc(C(F)(F)F)n(C)n2)s1.CCCCCCC. The minimum atomic E-state index is -4.43. The van der Waals surface area contributed by atoms with Gasteiger partial charge in [-0.3, -0.25) is 9.48 Å². The Morgan fingerprint density at radius 2 is 1.56 bits per heavy atom.